The van der Waals surface area contributed by atoms with Crippen LogP contribution in [0, 0.1) is 0 Å². The van der Waals surface area contributed by atoms with Crippen LogP contribution in [0.2, 0.25) is 0 Å². The Balaban J connectivity index is 2.27. The van der Waals surface area contributed by atoms with E-state index in [4.69, 9.17) is 4.74 Å². The van der Waals surface area contributed by atoms with Crippen LogP contribution in [0.1, 0.15) is 12.6 Å². The molecule has 0 saturated heterocycles. The van der Waals surface area contributed by atoms with Gasteiger partial charge in [0, 0.05) is 11.8 Å². The standard InChI is InChI=1S/C12H11NO/c1-8-6-11-12(14-8)7-9-4-2-3-5-10(9)13-11/h2-5,7-8H,6H2,1H3. The molecule has 70 valence electrons. The van der Waals surface area contributed by atoms with E-state index in [1.165, 1.54) is 0 Å². The fraction of sp³-hybridized carbons (Fsp3) is 0.250. The second-order valence-electron chi connectivity index (χ2n) is 3.76. The third-order valence-corrected chi connectivity index (χ3v) is 2.57. The number of benzene rings is 1. The Bertz CT molecular complexity index is 448. The van der Waals surface area contributed by atoms with Crippen LogP contribution < -0.4 is 4.74 Å². The lowest BCUT2D eigenvalue weighted by atomic mass is 10.1. The largest absolute Gasteiger partial charge is 0.488 e. The van der Waals surface area contributed by atoms with Crippen molar-refractivity contribution in [3.8, 4) is 5.75 Å². The molecule has 2 nitrogen and oxygen atoms in total. The summed E-state index contributed by atoms with van der Waals surface area (Å²) in [5.74, 6) is 0.955. The van der Waals surface area contributed by atoms with Gasteiger partial charge in [0.1, 0.15) is 11.9 Å². The second kappa shape index (κ2) is 2.71. The maximum absolute atomic E-state index is 5.65. The van der Waals surface area contributed by atoms with Crippen molar-refractivity contribution in [1.82, 2.24) is 4.98 Å². The van der Waals surface area contributed by atoms with E-state index in [2.05, 4.69) is 24.0 Å². The zero-order chi connectivity index (χ0) is 9.54. The Labute approximate surface area is 82.5 Å². The lowest BCUT2D eigenvalue weighted by molar-refractivity contribution is 0.255. The number of para-hydroxylation sites is 1. The van der Waals surface area contributed by atoms with Crippen LogP contribution >= 0.6 is 0 Å². The first-order chi connectivity index (χ1) is 6.83. The van der Waals surface area contributed by atoms with Crippen LogP contribution in [-0.4, -0.2) is 11.1 Å². The van der Waals surface area contributed by atoms with Crippen LogP contribution in [0.25, 0.3) is 10.9 Å². The molecule has 3 rings (SSSR count). The summed E-state index contributed by atoms with van der Waals surface area (Å²) in [6.07, 6.45) is 1.20. The van der Waals surface area contributed by atoms with Gasteiger partial charge in [0.05, 0.1) is 11.2 Å². The molecule has 1 unspecified atom stereocenters. The first kappa shape index (κ1) is 7.80. The average molecular weight is 185 g/mol. The number of fused-ring (bicyclic) bond motifs is 2. The van der Waals surface area contributed by atoms with Crippen molar-refractivity contribution in [1.29, 1.82) is 0 Å². The summed E-state index contributed by atoms with van der Waals surface area (Å²) >= 11 is 0. The van der Waals surface area contributed by atoms with Crippen LogP contribution in [0.3, 0.4) is 0 Å². The Hall–Kier alpha value is -1.57. The maximum atomic E-state index is 5.65. The average Bonchev–Trinajstić information content (AvgIpc) is 2.53. The Morgan fingerprint density at radius 2 is 2.21 bits per heavy atom. The van der Waals surface area contributed by atoms with Crippen molar-refractivity contribution < 1.29 is 4.74 Å². The van der Waals surface area contributed by atoms with Gasteiger partial charge in [-0.3, -0.25) is 0 Å². The fourth-order valence-electron chi connectivity index (χ4n) is 1.92. The lowest BCUT2D eigenvalue weighted by Gasteiger charge is -2.02. The van der Waals surface area contributed by atoms with Crippen molar-refractivity contribution >= 4 is 10.9 Å². The summed E-state index contributed by atoms with van der Waals surface area (Å²) in [5.41, 5.74) is 2.15. The number of nitrogens with zero attached hydrogens (tertiary/aromatic N) is 1. The molecule has 0 N–H and O–H groups in total. The predicted molar refractivity (Wildman–Crippen MR) is 55.5 cm³/mol. The van der Waals surface area contributed by atoms with Gasteiger partial charge in [-0.15, -0.1) is 0 Å². The highest BCUT2D eigenvalue weighted by Gasteiger charge is 2.20. The molecule has 1 aliphatic heterocycles. The third-order valence-electron chi connectivity index (χ3n) is 2.57. The van der Waals surface area contributed by atoms with E-state index < -0.39 is 0 Å². The highest BCUT2D eigenvalue weighted by atomic mass is 16.5. The molecule has 1 aliphatic rings. The van der Waals surface area contributed by atoms with Gasteiger partial charge in [0.25, 0.3) is 0 Å². The molecule has 2 heteroatoms. The molecular formula is C12H11NO. The fourth-order valence-corrected chi connectivity index (χ4v) is 1.92. The molecule has 0 radical (unpaired) electrons. The van der Waals surface area contributed by atoms with Gasteiger partial charge in [-0.05, 0) is 19.1 Å². The Kier molecular flexibility index (Phi) is 1.51. The van der Waals surface area contributed by atoms with Gasteiger partial charge in [0.15, 0.2) is 0 Å². The molecule has 1 atom stereocenters. The summed E-state index contributed by atoms with van der Waals surface area (Å²) in [6.45, 7) is 2.08. The van der Waals surface area contributed by atoms with Gasteiger partial charge in [-0.25, -0.2) is 4.98 Å². The number of aromatic nitrogens is 1. The van der Waals surface area contributed by atoms with Crippen molar-refractivity contribution in [2.45, 2.75) is 19.4 Å². The molecule has 0 saturated carbocycles. The van der Waals surface area contributed by atoms with Crippen molar-refractivity contribution in [3.63, 3.8) is 0 Å². The topological polar surface area (TPSA) is 22.1 Å². The molecule has 0 fully saturated rings. The van der Waals surface area contributed by atoms with Crippen LogP contribution in [0.4, 0.5) is 0 Å². The molecule has 14 heavy (non-hydrogen) atoms. The van der Waals surface area contributed by atoms with Gasteiger partial charge in [-0.2, -0.15) is 0 Å². The van der Waals surface area contributed by atoms with Gasteiger partial charge in [-0.1, -0.05) is 18.2 Å². The van der Waals surface area contributed by atoms with E-state index in [1.54, 1.807) is 0 Å². The molecule has 0 amide bonds. The third kappa shape index (κ3) is 1.07. The molecule has 0 bridgehead atoms. The number of rotatable bonds is 0. The summed E-state index contributed by atoms with van der Waals surface area (Å²) < 4.78 is 5.65. The second-order valence-corrected chi connectivity index (χ2v) is 3.76. The summed E-state index contributed by atoms with van der Waals surface area (Å²) in [4.78, 5) is 4.58. The number of pyridine rings is 1. The van der Waals surface area contributed by atoms with Crippen molar-refractivity contribution in [2.24, 2.45) is 0 Å². The summed E-state index contributed by atoms with van der Waals surface area (Å²) in [7, 11) is 0. The van der Waals surface area contributed by atoms with Gasteiger partial charge < -0.3 is 4.74 Å². The van der Waals surface area contributed by atoms with E-state index in [0.717, 1.165) is 28.8 Å². The van der Waals surface area contributed by atoms with Crippen molar-refractivity contribution in [3.05, 3.63) is 36.0 Å². The smallest absolute Gasteiger partial charge is 0.141 e. The molecule has 1 aromatic heterocycles. The zero-order valence-corrected chi connectivity index (χ0v) is 8.03. The van der Waals surface area contributed by atoms with Gasteiger partial charge in [0.2, 0.25) is 0 Å². The maximum Gasteiger partial charge on any atom is 0.141 e. The molecule has 0 aliphatic carbocycles. The number of ether oxygens (including phenoxy) is 1. The molecule has 1 aromatic carbocycles. The van der Waals surface area contributed by atoms with Crippen LogP contribution in [0.15, 0.2) is 30.3 Å². The lowest BCUT2D eigenvalue weighted by Crippen LogP contribution is -2.05. The Morgan fingerprint density at radius 1 is 1.36 bits per heavy atom. The van der Waals surface area contributed by atoms with E-state index in [0.29, 0.717) is 0 Å². The number of hydrogen-bond acceptors (Lipinski definition) is 2. The molecule has 0 spiro atoms. The summed E-state index contributed by atoms with van der Waals surface area (Å²) in [6, 6.07) is 10.2. The van der Waals surface area contributed by atoms with Crippen molar-refractivity contribution in [2.75, 3.05) is 0 Å². The first-order valence-corrected chi connectivity index (χ1v) is 4.88. The Morgan fingerprint density at radius 3 is 3.14 bits per heavy atom. The van der Waals surface area contributed by atoms with E-state index in [1.807, 2.05) is 18.2 Å². The first-order valence-electron chi connectivity index (χ1n) is 4.88. The van der Waals surface area contributed by atoms with Crippen LogP contribution in [-0.2, 0) is 6.42 Å². The SMILES string of the molecule is CC1Cc2nc3ccccc3cc2O1. The minimum absolute atomic E-state index is 0.273. The minimum Gasteiger partial charge on any atom is -0.488 e. The van der Waals surface area contributed by atoms with E-state index in [9.17, 15) is 0 Å². The monoisotopic (exact) mass is 185 g/mol. The zero-order valence-electron chi connectivity index (χ0n) is 8.03. The number of hydrogen-bond donors (Lipinski definition) is 0. The van der Waals surface area contributed by atoms with Crippen LogP contribution in [0.5, 0.6) is 5.75 Å². The molecule has 2 aromatic rings. The van der Waals surface area contributed by atoms with E-state index >= 15 is 0 Å². The highest BCUT2D eigenvalue weighted by Crippen LogP contribution is 2.30. The van der Waals surface area contributed by atoms with E-state index in [-0.39, 0.29) is 6.10 Å². The highest BCUT2D eigenvalue weighted by molar-refractivity contribution is 5.80. The normalized spacial score (nSPS) is 19.4. The minimum atomic E-state index is 0.273. The van der Waals surface area contributed by atoms with Gasteiger partial charge >= 0.3 is 0 Å². The summed E-state index contributed by atoms with van der Waals surface area (Å²) in [5, 5.41) is 1.15. The quantitative estimate of drug-likeness (QED) is 0.629. The predicted octanol–water partition coefficient (Wildman–Crippen LogP) is 2.56. The molecule has 2 heterocycles. The molecular weight excluding hydrogens is 174 g/mol.